The zero-order valence-electron chi connectivity index (χ0n) is 17.0. The Morgan fingerprint density at radius 3 is 2.52 bits per heavy atom. The van der Waals surface area contributed by atoms with E-state index in [1.54, 1.807) is 55.6 Å². The van der Waals surface area contributed by atoms with Crippen molar-refractivity contribution in [2.24, 2.45) is 0 Å². The van der Waals surface area contributed by atoms with Crippen molar-refractivity contribution in [2.75, 3.05) is 19.5 Å². The lowest BCUT2D eigenvalue weighted by Gasteiger charge is -2.10. The first-order valence-electron chi connectivity index (χ1n) is 9.26. The van der Waals surface area contributed by atoms with Crippen LogP contribution >= 0.6 is 0 Å². The Bertz CT molecular complexity index is 1170. The van der Waals surface area contributed by atoms with Crippen LogP contribution in [-0.4, -0.2) is 28.5 Å². The summed E-state index contributed by atoms with van der Waals surface area (Å²) in [6.07, 6.45) is 2.79. The molecule has 1 aromatic heterocycles. The second-order valence-electron chi connectivity index (χ2n) is 6.33. The number of anilines is 1. The summed E-state index contributed by atoms with van der Waals surface area (Å²) in [5.74, 6) is 1.51. The van der Waals surface area contributed by atoms with Crippen LogP contribution in [0.5, 0.6) is 11.5 Å². The van der Waals surface area contributed by atoms with Crippen molar-refractivity contribution in [3.63, 3.8) is 0 Å². The molecule has 2 aromatic carbocycles. The fourth-order valence-corrected chi connectivity index (χ4v) is 3.68. The van der Waals surface area contributed by atoms with Crippen molar-refractivity contribution >= 4 is 27.7 Å². The molecule has 0 radical (unpaired) electrons. The van der Waals surface area contributed by atoms with Crippen molar-refractivity contribution in [3.05, 3.63) is 78.3 Å². The number of benzene rings is 2. The number of ether oxygens (including phenoxy) is 2. The summed E-state index contributed by atoms with van der Waals surface area (Å²) in [7, 11) is -0.596. The van der Waals surface area contributed by atoms with Gasteiger partial charge < -0.3 is 19.2 Å². The first kappa shape index (κ1) is 22.1. The van der Waals surface area contributed by atoms with Gasteiger partial charge in [0, 0.05) is 12.1 Å². The molecular formula is C22H22N2O6S. The quantitative estimate of drug-likeness (QED) is 0.492. The number of carbonyl (C=O) groups is 1. The molecule has 0 aliphatic heterocycles. The van der Waals surface area contributed by atoms with E-state index in [-0.39, 0.29) is 17.3 Å². The fourth-order valence-electron chi connectivity index (χ4n) is 2.66. The molecule has 0 saturated heterocycles. The van der Waals surface area contributed by atoms with Gasteiger partial charge in [0.2, 0.25) is 15.9 Å². The molecular weight excluding hydrogens is 420 g/mol. The molecule has 0 aliphatic rings. The third-order valence-corrected chi connectivity index (χ3v) is 5.66. The van der Waals surface area contributed by atoms with Crippen LogP contribution in [0, 0.1) is 0 Å². The summed E-state index contributed by atoms with van der Waals surface area (Å²) in [6, 6.07) is 16.4. The number of sulfonamides is 1. The molecule has 31 heavy (non-hydrogen) atoms. The van der Waals surface area contributed by atoms with Gasteiger partial charge in [0.1, 0.15) is 23.0 Å². The Labute approximate surface area is 180 Å². The summed E-state index contributed by atoms with van der Waals surface area (Å²) in [4.78, 5) is 12.4. The summed E-state index contributed by atoms with van der Waals surface area (Å²) in [5, 5.41) is 2.71. The molecule has 3 aromatic rings. The van der Waals surface area contributed by atoms with Gasteiger partial charge in [-0.2, -0.15) is 0 Å². The zero-order chi connectivity index (χ0) is 22.3. The minimum absolute atomic E-state index is 0.0136. The second-order valence-corrected chi connectivity index (χ2v) is 8.10. The normalized spacial score (nSPS) is 11.4. The number of amides is 1. The number of nitrogens with one attached hydrogen (secondary N) is 2. The lowest BCUT2D eigenvalue weighted by atomic mass is 10.2. The SMILES string of the molecule is COc1ccc(NC(=O)/C=C/c2ccc(CNS(=O)(=O)c3ccccc3)o2)c(OC)c1. The minimum atomic E-state index is -3.63. The van der Waals surface area contributed by atoms with E-state index < -0.39 is 10.0 Å². The number of rotatable bonds is 9. The van der Waals surface area contributed by atoms with Gasteiger partial charge in [0.05, 0.1) is 31.3 Å². The van der Waals surface area contributed by atoms with E-state index in [4.69, 9.17) is 13.9 Å². The van der Waals surface area contributed by atoms with Gasteiger partial charge in [-0.05, 0) is 42.5 Å². The maximum absolute atomic E-state index is 12.3. The average Bonchev–Trinajstić information content (AvgIpc) is 3.25. The van der Waals surface area contributed by atoms with Crippen LogP contribution in [0.3, 0.4) is 0 Å². The first-order chi connectivity index (χ1) is 14.9. The van der Waals surface area contributed by atoms with Gasteiger partial charge in [-0.1, -0.05) is 18.2 Å². The van der Waals surface area contributed by atoms with Crippen molar-refractivity contribution in [1.29, 1.82) is 0 Å². The smallest absolute Gasteiger partial charge is 0.248 e. The van der Waals surface area contributed by atoms with E-state index in [0.717, 1.165) is 0 Å². The minimum Gasteiger partial charge on any atom is -0.497 e. The molecule has 2 N–H and O–H groups in total. The summed E-state index contributed by atoms with van der Waals surface area (Å²) in [6.45, 7) is -0.0136. The second kappa shape index (κ2) is 9.96. The molecule has 9 heteroatoms. The molecule has 0 unspecified atom stereocenters. The maximum atomic E-state index is 12.3. The highest BCUT2D eigenvalue weighted by molar-refractivity contribution is 7.89. The molecule has 1 amide bonds. The van der Waals surface area contributed by atoms with E-state index >= 15 is 0 Å². The highest BCUT2D eigenvalue weighted by Gasteiger charge is 2.14. The number of furan rings is 1. The summed E-state index contributed by atoms with van der Waals surface area (Å²) >= 11 is 0. The molecule has 162 valence electrons. The van der Waals surface area contributed by atoms with Gasteiger partial charge in [-0.3, -0.25) is 4.79 Å². The Balaban J connectivity index is 1.58. The van der Waals surface area contributed by atoms with E-state index in [9.17, 15) is 13.2 Å². The number of carbonyl (C=O) groups excluding carboxylic acids is 1. The largest absolute Gasteiger partial charge is 0.497 e. The number of methoxy groups -OCH3 is 2. The monoisotopic (exact) mass is 442 g/mol. The van der Waals surface area contributed by atoms with Crippen molar-refractivity contribution in [2.45, 2.75) is 11.4 Å². The van der Waals surface area contributed by atoms with Crippen LogP contribution in [0.15, 0.2) is 76.1 Å². The Hall–Kier alpha value is -3.56. The lowest BCUT2D eigenvalue weighted by molar-refractivity contribution is -0.111. The van der Waals surface area contributed by atoms with Crippen molar-refractivity contribution in [3.8, 4) is 11.5 Å². The van der Waals surface area contributed by atoms with Crippen LogP contribution in [0.25, 0.3) is 6.08 Å². The molecule has 0 aliphatic carbocycles. The Kier molecular flexibility index (Phi) is 7.11. The summed E-state index contributed by atoms with van der Waals surface area (Å²) in [5.41, 5.74) is 0.494. The van der Waals surface area contributed by atoms with Crippen LogP contribution in [0.2, 0.25) is 0 Å². The predicted molar refractivity (Wildman–Crippen MR) is 116 cm³/mol. The van der Waals surface area contributed by atoms with Gasteiger partial charge >= 0.3 is 0 Å². The Morgan fingerprint density at radius 2 is 1.81 bits per heavy atom. The van der Waals surface area contributed by atoms with Gasteiger partial charge in [0.25, 0.3) is 0 Å². The van der Waals surface area contributed by atoms with Crippen molar-refractivity contribution in [1.82, 2.24) is 4.72 Å². The standard InChI is InChI=1S/C22H22N2O6S/c1-28-17-10-12-20(21(14-17)29-2)24-22(25)13-11-16-8-9-18(30-16)15-23-31(26,27)19-6-4-3-5-7-19/h3-14,23H,15H2,1-2H3,(H,24,25)/b13-11+. The topological polar surface area (TPSA) is 107 Å². The Morgan fingerprint density at radius 1 is 1.03 bits per heavy atom. The van der Waals surface area contributed by atoms with Crippen LogP contribution in [0.4, 0.5) is 5.69 Å². The van der Waals surface area contributed by atoms with E-state index in [1.807, 2.05) is 0 Å². The molecule has 3 rings (SSSR count). The van der Waals surface area contributed by atoms with Crippen molar-refractivity contribution < 1.29 is 27.1 Å². The van der Waals surface area contributed by atoms with Crippen LogP contribution < -0.4 is 19.5 Å². The lowest BCUT2D eigenvalue weighted by Crippen LogP contribution is -2.22. The first-order valence-corrected chi connectivity index (χ1v) is 10.7. The third-order valence-electron chi connectivity index (χ3n) is 4.24. The number of hydrogen-bond donors (Lipinski definition) is 2. The zero-order valence-corrected chi connectivity index (χ0v) is 17.8. The van der Waals surface area contributed by atoms with E-state index in [2.05, 4.69) is 10.0 Å². The molecule has 0 bridgehead atoms. The van der Waals surface area contributed by atoms with Crippen LogP contribution in [0.1, 0.15) is 11.5 Å². The molecule has 8 nitrogen and oxygen atoms in total. The molecule has 0 saturated carbocycles. The highest BCUT2D eigenvalue weighted by Crippen LogP contribution is 2.29. The van der Waals surface area contributed by atoms with Gasteiger partial charge in [0.15, 0.2) is 0 Å². The maximum Gasteiger partial charge on any atom is 0.248 e. The van der Waals surface area contributed by atoms with Gasteiger partial charge in [-0.25, -0.2) is 13.1 Å². The third kappa shape index (κ3) is 5.97. The van der Waals surface area contributed by atoms with Crippen LogP contribution in [-0.2, 0) is 21.4 Å². The van der Waals surface area contributed by atoms with Gasteiger partial charge in [-0.15, -0.1) is 0 Å². The predicted octanol–water partition coefficient (Wildman–Crippen LogP) is 3.43. The number of hydrogen-bond acceptors (Lipinski definition) is 6. The molecule has 0 spiro atoms. The summed E-state index contributed by atoms with van der Waals surface area (Å²) < 4.78 is 42.9. The fraction of sp³-hybridized carbons (Fsp3) is 0.136. The molecule has 0 atom stereocenters. The molecule has 0 fully saturated rings. The highest BCUT2D eigenvalue weighted by atomic mass is 32.2. The van der Waals surface area contributed by atoms with E-state index in [0.29, 0.717) is 28.7 Å². The molecule has 1 heterocycles. The van der Waals surface area contributed by atoms with E-state index in [1.165, 1.54) is 31.4 Å². The average molecular weight is 442 g/mol.